The van der Waals surface area contributed by atoms with Gasteiger partial charge in [0, 0.05) is 25.7 Å². The molecule has 0 saturated heterocycles. The Hall–Kier alpha value is -2.69. The van der Waals surface area contributed by atoms with E-state index in [2.05, 4.69) is 10.0 Å². The van der Waals surface area contributed by atoms with E-state index in [9.17, 15) is 18.5 Å². The molecule has 2 aromatic carbocycles. The fraction of sp³-hybridized carbons (Fsp3) is 0.294. The highest BCUT2D eigenvalue weighted by molar-refractivity contribution is 7.89. The summed E-state index contributed by atoms with van der Waals surface area (Å²) in [6.45, 7) is 2.07. The molecule has 2 heterocycles. The van der Waals surface area contributed by atoms with Crippen LogP contribution in [0.3, 0.4) is 0 Å². The van der Waals surface area contributed by atoms with Gasteiger partial charge in [-0.05, 0) is 16.7 Å². The fourth-order valence-electron chi connectivity index (χ4n) is 3.13. The maximum Gasteiger partial charge on any atom is 0.293 e. The van der Waals surface area contributed by atoms with Crippen molar-refractivity contribution < 1.29 is 22.8 Å². The summed E-state index contributed by atoms with van der Waals surface area (Å²) in [6, 6.07) is 7.94. The molecule has 0 fully saturated rings. The highest BCUT2D eigenvalue weighted by Crippen LogP contribution is 2.38. The third-order valence-electron chi connectivity index (χ3n) is 4.48. The molecular weight excluding hydrogens is 374 g/mol. The third-order valence-corrected chi connectivity index (χ3v) is 5.91. The van der Waals surface area contributed by atoms with Crippen LogP contribution in [0.2, 0.25) is 0 Å². The summed E-state index contributed by atoms with van der Waals surface area (Å²) in [5.74, 6) is 0.342. The predicted octanol–water partition coefficient (Wildman–Crippen LogP) is 1.45. The van der Waals surface area contributed by atoms with E-state index in [-0.39, 0.29) is 31.3 Å². The number of nitro groups is 1. The first-order valence-electron chi connectivity index (χ1n) is 8.33. The Bertz CT molecular complexity index is 1020. The molecule has 4 rings (SSSR count). The average Bonchev–Trinajstić information content (AvgIpc) is 3.13. The lowest BCUT2D eigenvalue weighted by Crippen LogP contribution is -2.25. The lowest BCUT2D eigenvalue weighted by molar-refractivity contribution is -0.388. The smallest absolute Gasteiger partial charge is 0.293 e. The first kappa shape index (κ1) is 17.7. The summed E-state index contributed by atoms with van der Waals surface area (Å²) in [5.41, 5.74) is 2.53. The number of sulfonamides is 1. The van der Waals surface area contributed by atoms with Crippen LogP contribution in [0.4, 0.5) is 5.69 Å². The van der Waals surface area contributed by atoms with Gasteiger partial charge >= 0.3 is 0 Å². The summed E-state index contributed by atoms with van der Waals surface area (Å²) < 4.78 is 38.6. The van der Waals surface area contributed by atoms with Crippen molar-refractivity contribution in [3.05, 3.63) is 57.1 Å². The molecule has 27 heavy (non-hydrogen) atoms. The van der Waals surface area contributed by atoms with Crippen LogP contribution in [-0.2, 0) is 29.7 Å². The molecule has 0 aromatic heterocycles. The van der Waals surface area contributed by atoms with Gasteiger partial charge in [-0.15, -0.1) is 0 Å². The van der Waals surface area contributed by atoms with Gasteiger partial charge in [0.25, 0.3) is 5.69 Å². The van der Waals surface area contributed by atoms with Gasteiger partial charge in [0.15, 0.2) is 16.4 Å². The van der Waals surface area contributed by atoms with E-state index in [0.717, 1.165) is 36.3 Å². The first-order chi connectivity index (χ1) is 12.9. The molecule has 10 heteroatoms. The van der Waals surface area contributed by atoms with E-state index in [4.69, 9.17) is 9.47 Å². The Kier molecular flexibility index (Phi) is 4.46. The number of nitrogens with zero attached hydrogens (tertiary/aromatic N) is 1. The lowest BCUT2D eigenvalue weighted by atomic mass is 10.1. The van der Waals surface area contributed by atoms with Crippen LogP contribution >= 0.6 is 0 Å². The van der Waals surface area contributed by atoms with Crippen LogP contribution in [0.15, 0.2) is 35.2 Å². The van der Waals surface area contributed by atoms with Gasteiger partial charge in [0.2, 0.25) is 10.0 Å². The van der Waals surface area contributed by atoms with Gasteiger partial charge in [-0.2, -0.15) is 0 Å². The Morgan fingerprint density at radius 1 is 1.07 bits per heavy atom. The fourth-order valence-corrected chi connectivity index (χ4v) is 4.31. The number of nitrogens with one attached hydrogen (secondary N) is 2. The first-order valence-corrected chi connectivity index (χ1v) is 9.81. The summed E-state index contributed by atoms with van der Waals surface area (Å²) in [4.78, 5) is 10.2. The Morgan fingerprint density at radius 2 is 1.78 bits per heavy atom. The highest BCUT2D eigenvalue weighted by Gasteiger charge is 2.30. The zero-order valence-electron chi connectivity index (χ0n) is 14.2. The van der Waals surface area contributed by atoms with Crippen molar-refractivity contribution in [2.24, 2.45) is 0 Å². The number of benzene rings is 2. The minimum atomic E-state index is -4.12. The molecule has 0 atom stereocenters. The van der Waals surface area contributed by atoms with E-state index < -0.39 is 25.5 Å². The van der Waals surface area contributed by atoms with Crippen molar-refractivity contribution >= 4 is 15.7 Å². The van der Waals surface area contributed by atoms with Gasteiger partial charge in [0.05, 0.1) is 11.0 Å². The monoisotopic (exact) mass is 391 g/mol. The van der Waals surface area contributed by atoms with Gasteiger partial charge in [-0.25, -0.2) is 13.1 Å². The molecule has 0 unspecified atom stereocenters. The van der Waals surface area contributed by atoms with Gasteiger partial charge < -0.3 is 14.8 Å². The van der Waals surface area contributed by atoms with Crippen LogP contribution in [0.5, 0.6) is 11.5 Å². The summed E-state index contributed by atoms with van der Waals surface area (Å²) >= 11 is 0. The van der Waals surface area contributed by atoms with Crippen molar-refractivity contribution in [3.8, 4) is 11.5 Å². The topological polar surface area (TPSA) is 120 Å². The maximum atomic E-state index is 12.7. The highest BCUT2D eigenvalue weighted by atomic mass is 32.2. The van der Waals surface area contributed by atoms with Crippen molar-refractivity contribution in [2.75, 3.05) is 13.2 Å². The normalized spacial score (nSPS) is 15.4. The van der Waals surface area contributed by atoms with E-state index in [1.54, 1.807) is 0 Å². The molecular formula is C17H17N3O6S. The van der Waals surface area contributed by atoms with E-state index in [0.29, 0.717) is 0 Å². The number of hydrogen-bond donors (Lipinski definition) is 2. The Labute approximate surface area is 155 Å². The van der Waals surface area contributed by atoms with Crippen molar-refractivity contribution in [2.45, 2.75) is 24.5 Å². The lowest BCUT2D eigenvalue weighted by Gasteiger charge is -2.19. The van der Waals surface area contributed by atoms with Crippen LogP contribution < -0.4 is 19.5 Å². The number of nitro benzene ring substituents is 1. The van der Waals surface area contributed by atoms with Gasteiger partial charge in [-0.3, -0.25) is 10.1 Å². The van der Waals surface area contributed by atoms with Crippen molar-refractivity contribution in [1.82, 2.24) is 10.0 Å². The van der Waals surface area contributed by atoms with E-state index >= 15 is 0 Å². The molecule has 0 saturated carbocycles. The molecule has 0 amide bonds. The Balaban J connectivity index is 1.62. The Morgan fingerprint density at radius 3 is 2.52 bits per heavy atom. The molecule has 9 nitrogen and oxygen atoms in total. The standard InChI is InChI=1S/C17H17N3O6S/c21-20(22)14-6-15-16(26-4-3-25-15)7-17(14)27(23,24)19-8-11-1-2-12-9-18-10-13(12)5-11/h1-2,5-7,18-19H,3-4,8-10H2. The zero-order chi connectivity index (χ0) is 19.0. The molecule has 0 radical (unpaired) electrons. The van der Waals surface area contributed by atoms with Crippen LogP contribution in [0.25, 0.3) is 0 Å². The van der Waals surface area contributed by atoms with Crippen LogP contribution in [-0.4, -0.2) is 26.6 Å². The van der Waals surface area contributed by atoms with E-state index in [1.165, 1.54) is 5.56 Å². The van der Waals surface area contributed by atoms with Crippen molar-refractivity contribution in [1.29, 1.82) is 0 Å². The largest absolute Gasteiger partial charge is 0.486 e. The molecule has 0 aliphatic carbocycles. The molecule has 0 bridgehead atoms. The molecule has 0 spiro atoms. The van der Waals surface area contributed by atoms with Gasteiger partial charge in [-0.1, -0.05) is 18.2 Å². The SMILES string of the molecule is O=[N+]([O-])c1cc2c(cc1S(=O)(=O)NCc1ccc3c(c1)CNC3)OCCO2. The number of hydrogen-bond acceptors (Lipinski definition) is 7. The molecule has 142 valence electrons. The summed E-state index contributed by atoms with van der Waals surface area (Å²) in [6.07, 6.45) is 0. The predicted molar refractivity (Wildman–Crippen MR) is 95.1 cm³/mol. The number of fused-ring (bicyclic) bond motifs is 2. The molecule has 2 aliphatic heterocycles. The molecule has 2 aromatic rings. The molecule has 2 N–H and O–H groups in total. The summed E-state index contributed by atoms with van der Waals surface area (Å²) in [7, 11) is -4.12. The average molecular weight is 391 g/mol. The minimum absolute atomic E-state index is 0.0290. The minimum Gasteiger partial charge on any atom is -0.486 e. The zero-order valence-corrected chi connectivity index (χ0v) is 15.0. The number of ether oxygens (including phenoxy) is 2. The summed E-state index contributed by atoms with van der Waals surface area (Å²) in [5, 5.41) is 14.6. The second kappa shape index (κ2) is 6.80. The second-order valence-electron chi connectivity index (χ2n) is 6.25. The van der Waals surface area contributed by atoms with E-state index in [1.807, 2.05) is 18.2 Å². The van der Waals surface area contributed by atoms with Crippen LogP contribution in [0.1, 0.15) is 16.7 Å². The second-order valence-corrected chi connectivity index (χ2v) is 7.99. The quantitative estimate of drug-likeness (QED) is 0.585. The van der Waals surface area contributed by atoms with Crippen LogP contribution in [0, 0.1) is 10.1 Å². The number of rotatable bonds is 5. The molecule has 2 aliphatic rings. The van der Waals surface area contributed by atoms with Crippen molar-refractivity contribution in [3.63, 3.8) is 0 Å². The van der Waals surface area contributed by atoms with Gasteiger partial charge in [0.1, 0.15) is 13.2 Å². The third kappa shape index (κ3) is 3.46. The maximum absolute atomic E-state index is 12.7.